The lowest BCUT2D eigenvalue weighted by atomic mass is 10.1. The van der Waals surface area contributed by atoms with Crippen molar-refractivity contribution in [2.45, 2.75) is 51.4 Å². The van der Waals surface area contributed by atoms with Gasteiger partial charge in [0.2, 0.25) is 5.95 Å². The predicted molar refractivity (Wildman–Crippen MR) is 126 cm³/mol. The number of rotatable bonds is 5. The molecule has 37 heavy (non-hydrogen) atoms. The third-order valence-corrected chi connectivity index (χ3v) is 6.58. The van der Waals surface area contributed by atoms with E-state index in [1.807, 2.05) is 22.7 Å². The summed E-state index contributed by atoms with van der Waals surface area (Å²) in [4.78, 5) is 19.3. The minimum Gasteiger partial charge on any atom is -0.367 e. The van der Waals surface area contributed by atoms with Gasteiger partial charge in [-0.25, -0.2) is 32.5 Å². The molecular weight excluding hydrogens is 490 g/mol. The first-order valence-corrected chi connectivity index (χ1v) is 12.0. The molecule has 0 spiro atoms. The van der Waals surface area contributed by atoms with Crippen molar-refractivity contribution in [2.75, 3.05) is 18.0 Å². The molecule has 1 saturated carbocycles. The number of halogens is 4. The van der Waals surface area contributed by atoms with E-state index in [9.17, 15) is 17.6 Å². The fourth-order valence-corrected chi connectivity index (χ4v) is 4.60. The van der Waals surface area contributed by atoms with E-state index < -0.39 is 23.8 Å². The Morgan fingerprint density at radius 1 is 1.05 bits per heavy atom. The average Bonchev–Trinajstić information content (AvgIpc) is 3.58. The first-order chi connectivity index (χ1) is 17.8. The number of aromatic nitrogens is 6. The van der Waals surface area contributed by atoms with Crippen molar-refractivity contribution < 1.29 is 22.3 Å². The molecule has 2 aliphatic rings. The summed E-state index contributed by atoms with van der Waals surface area (Å²) in [6.45, 7) is 4.16. The largest absolute Gasteiger partial charge is 0.367 e. The maximum Gasteiger partial charge on any atom is 0.282 e. The molecular formula is C25H23F4N7O. The Balaban J connectivity index is 1.45. The molecule has 12 heteroatoms. The van der Waals surface area contributed by atoms with E-state index in [-0.39, 0.29) is 46.3 Å². The van der Waals surface area contributed by atoms with Crippen molar-refractivity contribution in [3.8, 4) is 11.3 Å². The molecule has 2 atom stereocenters. The zero-order valence-corrected chi connectivity index (χ0v) is 20.1. The number of morpholine rings is 1. The number of benzene rings is 1. The highest BCUT2D eigenvalue weighted by Gasteiger charge is 2.32. The van der Waals surface area contributed by atoms with Crippen LogP contribution in [0.25, 0.3) is 22.4 Å². The second-order valence-electron chi connectivity index (χ2n) is 9.49. The van der Waals surface area contributed by atoms with E-state index >= 15 is 0 Å². The lowest BCUT2D eigenvalue weighted by Gasteiger charge is -2.36. The smallest absolute Gasteiger partial charge is 0.282 e. The van der Waals surface area contributed by atoms with Gasteiger partial charge in [-0.05, 0) is 38.8 Å². The highest BCUT2D eigenvalue weighted by molar-refractivity contribution is 5.88. The van der Waals surface area contributed by atoms with Crippen molar-refractivity contribution in [3.63, 3.8) is 0 Å². The summed E-state index contributed by atoms with van der Waals surface area (Å²) in [7, 11) is 0. The molecule has 4 aromatic rings. The molecule has 2 fully saturated rings. The standard InChI is InChI=1S/C25H23F4N7O/c1-12-9-35(11-19(37-12)14-8-30-36(10-14)16-4-5-16)25-33-21(17-6-3-15(26)7-18(17)27)22-24(34-25)31-13(2)20(32-22)23(28)29/h3,6-8,10,12,16,19,23H,4-5,9,11H2,1-2H3/t12-,19-/m1/s1. The molecule has 0 amide bonds. The van der Waals surface area contributed by atoms with Gasteiger partial charge in [-0.3, -0.25) is 4.68 Å². The Morgan fingerprint density at radius 2 is 1.86 bits per heavy atom. The molecule has 1 saturated heterocycles. The summed E-state index contributed by atoms with van der Waals surface area (Å²) >= 11 is 0. The Hall–Kier alpha value is -3.67. The molecule has 1 aromatic carbocycles. The first kappa shape index (κ1) is 23.7. The van der Waals surface area contributed by atoms with Crippen LogP contribution in [-0.4, -0.2) is 48.9 Å². The summed E-state index contributed by atoms with van der Waals surface area (Å²) < 4.78 is 63.8. The third kappa shape index (κ3) is 4.50. The molecule has 0 bridgehead atoms. The van der Waals surface area contributed by atoms with Gasteiger partial charge in [0, 0.05) is 29.9 Å². The number of fused-ring (bicyclic) bond motifs is 1. The molecule has 0 radical (unpaired) electrons. The van der Waals surface area contributed by atoms with Crippen molar-refractivity contribution in [2.24, 2.45) is 0 Å². The lowest BCUT2D eigenvalue weighted by Crippen LogP contribution is -2.43. The Morgan fingerprint density at radius 3 is 2.59 bits per heavy atom. The van der Waals surface area contributed by atoms with Gasteiger partial charge in [0.25, 0.3) is 6.43 Å². The van der Waals surface area contributed by atoms with Crippen LogP contribution < -0.4 is 4.90 Å². The van der Waals surface area contributed by atoms with Gasteiger partial charge < -0.3 is 9.64 Å². The number of hydrogen-bond acceptors (Lipinski definition) is 7. The summed E-state index contributed by atoms with van der Waals surface area (Å²) in [5.74, 6) is -1.45. The van der Waals surface area contributed by atoms with Crippen LogP contribution in [0.15, 0.2) is 30.6 Å². The van der Waals surface area contributed by atoms with Crippen molar-refractivity contribution >= 4 is 17.1 Å². The van der Waals surface area contributed by atoms with Gasteiger partial charge in [0.1, 0.15) is 34.6 Å². The van der Waals surface area contributed by atoms with Crippen molar-refractivity contribution in [1.82, 2.24) is 29.7 Å². The molecule has 0 N–H and O–H groups in total. The fourth-order valence-electron chi connectivity index (χ4n) is 4.60. The second kappa shape index (κ2) is 9.02. The average molecular weight is 513 g/mol. The van der Waals surface area contributed by atoms with Gasteiger partial charge >= 0.3 is 0 Å². The van der Waals surface area contributed by atoms with Gasteiger partial charge in [-0.1, -0.05) is 0 Å². The second-order valence-corrected chi connectivity index (χ2v) is 9.49. The minimum atomic E-state index is -2.89. The minimum absolute atomic E-state index is 0.0124. The quantitative estimate of drug-likeness (QED) is 0.343. The van der Waals surface area contributed by atoms with E-state index in [0.717, 1.165) is 24.5 Å². The molecule has 192 valence electrons. The van der Waals surface area contributed by atoms with Crippen LogP contribution in [0.1, 0.15) is 55.3 Å². The first-order valence-electron chi connectivity index (χ1n) is 12.0. The van der Waals surface area contributed by atoms with E-state index in [2.05, 4.69) is 25.0 Å². The zero-order valence-electron chi connectivity index (χ0n) is 20.1. The van der Waals surface area contributed by atoms with Gasteiger partial charge in [-0.15, -0.1) is 0 Å². The van der Waals surface area contributed by atoms with Crippen LogP contribution in [0.2, 0.25) is 0 Å². The lowest BCUT2D eigenvalue weighted by molar-refractivity contribution is -0.0178. The highest BCUT2D eigenvalue weighted by Crippen LogP contribution is 2.36. The van der Waals surface area contributed by atoms with E-state index in [4.69, 9.17) is 4.74 Å². The Labute approximate surface area is 209 Å². The number of ether oxygens (including phenoxy) is 1. The van der Waals surface area contributed by atoms with Crippen LogP contribution in [0.5, 0.6) is 0 Å². The molecule has 8 nitrogen and oxygen atoms in total. The summed E-state index contributed by atoms with van der Waals surface area (Å²) in [5, 5.41) is 4.45. The number of anilines is 1. The van der Waals surface area contributed by atoms with Gasteiger partial charge in [0.15, 0.2) is 5.65 Å². The summed E-state index contributed by atoms with van der Waals surface area (Å²) in [5.41, 5.74) is 0.229. The number of aryl methyl sites for hydroxylation is 1. The van der Waals surface area contributed by atoms with Crippen LogP contribution in [0.4, 0.5) is 23.5 Å². The highest BCUT2D eigenvalue weighted by atomic mass is 19.3. The Bertz CT molecular complexity index is 1490. The number of nitrogens with zero attached hydrogens (tertiary/aromatic N) is 7. The maximum atomic E-state index is 14.9. The van der Waals surface area contributed by atoms with E-state index in [1.165, 1.54) is 13.0 Å². The van der Waals surface area contributed by atoms with Gasteiger partial charge in [0.05, 0.1) is 30.6 Å². The SMILES string of the molecule is Cc1nc2nc(N3C[C@@H](C)O[C@@H](c4cnn(C5CC5)c4)C3)nc(-c3ccc(F)cc3F)c2nc1C(F)F. The molecule has 1 aliphatic heterocycles. The topological polar surface area (TPSA) is 81.9 Å². The zero-order chi connectivity index (χ0) is 25.8. The molecule has 3 aromatic heterocycles. The van der Waals surface area contributed by atoms with Crippen LogP contribution in [-0.2, 0) is 4.74 Å². The monoisotopic (exact) mass is 513 g/mol. The van der Waals surface area contributed by atoms with Crippen molar-refractivity contribution in [3.05, 3.63) is 59.2 Å². The molecule has 4 heterocycles. The maximum absolute atomic E-state index is 14.9. The molecule has 0 unspecified atom stereocenters. The van der Waals surface area contributed by atoms with Crippen molar-refractivity contribution in [1.29, 1.82) is 0 Å². The molecule has 6 rings (SSSR count). The Kier molecular flexibility index (Phi) is 5.78. The normalized spacial score (nSPS) is 20.2. The number of alkyl halides is 2. The van der Waals surface area contributed by atoms with Crippen LogP contribution >= 0.6 is 0 Å². The van der Waals surface area contributed by atoms with E-state index in [1.54, 1.807) is 6.20 Å². The summed E-state index contributed by atoms with van der Waals surface area (Å²) in [6.07, 6.45) is 2.60. The fraction of sp³-hybridized carbons (Fsp3) is 0.400. The molecule has 1 aliphatic carbocycles. The van der Waals surface area contributed by atoms with E-state index in [0.29, 0.717) is 25.2 Å². The van der Waals surface area contributed by atoms with Gasteiger partial charge in [-0.2, -0.15) is 10.1 Å². The number of hydrogen-bond donors (Lipinski definition) is 0. The predicted octanol–water partition coefficient (Wildman–Crippen LogP) is 5.11. The third-order valence-electron chi connectivity index (χ3n) is 6.58. The van der Waals surface area contributed by atoms with Crippen LogP contribution in [0, 0.1) is 18.6 Å². The van der Waals surface area contributed by atoms with Crippen LogP contribution in [0.3, 0.4) is 0 Å². The summed E-state index contributed by atoms with van der Waals surface area (Å²) in [6, 6.07) is 3.43.